The molecular weight excluding hydrogens is 330 g/mol. The van der Waals surface area contributed by atoms with Gasteiger partial charge in [-0.2, -0.15) is 0 Å². The molecule has 0 aromatic heterocycles. The summed E-state index contributed by atoms with van der Waals surface area (Å²) in [5, 5.41) is 0. The van der Waals surface area contributed by atoms with Crippen molar-refractivity contribution in [2.45, 2.75) is 21.9 Å². The molecule has 0 fully saturated rings. The molecule has 0 N–H and O–H groups in total. The number of rotatable bonds is 4. The molecule has 0 spiro atoms. The van der Waals surface area contributed by atoms with E-state index in [1.165, 1.54) is 12.8 Å². The third-order valence-corrected chi connectivity index (χ3v) is 1.46. The highest BCUT2D eigenvalue weighted by molar-refractivity contribution is 14.2. The average Bonchev–Trinajstić information content (AvgIpc) is 1.66. The predicted octanol–water partition coefficient (Wildman–Crippen LogP) is 2.96. The van der Waals surface area contributed by atoms with Crippen LogP contribution in [-0.4, -0.2) is 8.72 Å². The van der Waals surface area contributed by atoms with Crippen LogP contribution in [0.2, 0.25) is 0 Å². The van der Waals surface area contributed by atoms with E-state index in [2.05, 4.69) is 52.1 Å². The molecule has 1 nitrogen and oxygen atoms in total. The summed E-state index contributed by atoms with van der Waals surface area (Å²) in [5.74, 6) is 0. The molecule has 0 aromatic carbocycles. The minimum Gasteiger partial charge on any atom is -0.358 e. The molecule has 8 heavy (non-hydrogen) atoms. The molecule has 0 radical (unpaired) electrons. The lowest BCUT2D eigenvalue weighted by atomic mass is 10.4. The fraction of sp³-hybridized carbons (Fsp3) is 1.00. The quantitative estimate of drug-likeness (QED) is 0.435. The van der Waals surface area contributed by atoms with Gasteiger partial charge in [0.05, 0.1) is 0 Å². The summed E-state index contributed by atoms with van der Waals surface area (Å²) in [6.45, 7) is 3.08. The number of unbranched alkanes of at least 4 members (excludes halogenated alkanes) is 1. The van der Waals surface area contributed by atoms with Gasteiger partial charge in [0.2, 0.25) is 0 Å². The van der Waals surface area contributed by atoms with Crippen molar-refractivity contribution < 1.29 is 4.74 Å². The monoisotopic (exact) mass is 340 g/mol. The zero-order chi connectivity index (χ0) is 6.41. The third kappa shape index (κ3) is 7.42. The van der Waals surface area contributed by atoms with E-state index >= 15 is 0 Å². The summed E-state index contributed by atoms with van der Waals surface area (Å²) >= 11 is 4.49. The second-order valence-electron chi connectivity index (χ2n) is 1.48. The first-order valence-electron chi connectivity index (χ1n) is 2.67. The van der Waals surface area contributed by atoms with E-state index in [4.69, 9.17) is 4.74 Å². The number of alkyl halides is 2. The van der Waals surface area contributed by atoms with E-state index < -0.39 is 0 Å². The Morgan fingerprint density at radius 1 is 1.50 bits per heavy atom. The van der Waals surface area contributed by atoms with Gasteiger partial charge in [0.15, 0.2) is 2.12 Å². The minimum absolute atomic E-state index is 0.344. The van der Waals surface area contributed by atoms with Crippen molar-refractivity contribution in [2.24, 2.45) is 0 Å². The number of ether oxygens (including phenoxy) is 1. The lowest BCUT2D eigenvalue weighted by Gasteiger charge is -2.01. The fourth-order valence-electron chi connectivity index (χ4n) is 0.317. The summed E-state index contributed by atoms with van der Waals surface area (Å²) in [6, 6.07) is 0. The Bertz CT molecular complexity index is 47.7. The van der Waals surface area contributed by atoms with Gasteiger partial charge in [-0.05, 0) is 51.6 Å². The van der Waals surface area contributed by atoms with E-state index in [0.717, 1.165) is 6.61 Å². The Kier molecular flexibility index (Phi) is 7.70. The SMILES string of the molecule is CCCCOC(I)I. The van der Waals surface area contributed by atoms with Gasteiger partial charge in [0.25, 0.3) is 0 Å². The van der Waals surface area contributed by atoms with E-state index in [9.17, 15) is 0 Å². The first-order chi connectivity index (χ1) is 3.77. The van der Waals surface area contributed by atoms with Crippen molar-refractivity contribution in [3.63, 3.8) is 0 Å². The van der Waals surface area contributed by atoms with Crippen molar-refractivity contribution in [3.05, 3.63) is 0 Å². The summed E-state index contributed by atoms with van der Waals surface area (Å²) in [6.07, 6.45) is 2.41. The number of hydrogen-bond acceptors (Lipinski definition) is 1. The van der Waals surface area contributed by atoms with Crippen LogP contribution in [0.5, 0.6) is 0 Å². The Balaban J connectivity index is 2.72. The van der Waals surface area contributed by atoms with Crippen molar-refractivity contribution in [1.29, 1.82) is 0 Å². The van der Waals surface area contributed by atoms with Gasteiger partial charge < -0.3 is 4.74 Å². The lowest BCUT2D eigenvalue weighted by molar-refractivity contribution is 0.176. The van der Waals surface area contributed by atoms with Crippen LogP contribution in [0.3, 0.4) is 0 Å². The largest absolute Gasteiger partial charge is 0.358 e. The first-order valence-corrected chi connectivity index (χ1v) is 5.16. The average molecular weight is 340 g/mol. The number of hydrogen-bond donors (Lipinski definition) is 0. The first kappa shape index (κ1) is 9.42. The van der Waals surface area contributed by atoms with Crippen LogP contribution in [-0.2, 0) is 4.74 Å². The van der Waals surface area contributed by atoms with Gasteiger partial charge in [0.1, 0.15) is 0 Å². The maximum atomic E-state index is 5.26. The van der Waals surface area contributed by atoms with Crippen LogP contribution in [0, 0.1) is 0 Å². The fourth-order valence-corrected chi connectivity index (χ4v) is 0.825. The molecule has 0 heterocycles. The van der Waals surface area contributed by atoms with Gasteiger partial charge in [0, 0.05) is 6.61 Å². The van der Waals surface area contributed by atoms with Crippen LogP contribution in [0.4, 0.5) is 0 Å². The molecule has 0 aliphatic carbocycles. The highest BCUT2D eigenvalue weighted by atomic mass is 127. The predicted molar refractivity (Wildman–Crippen MR) is 52.7 cm³/mol. The summed E-state index contributed by atoms with van der Waals surface area (Å²) in [5.41, 5.74) is 0. The van der Waals surface area contributed by atoms with Gasteiger partial charge >= 0.3 is 0 Å². The van der Waals surface area contributed by atoms with E-state index in [1.807, 2.05) is 0 Å². The molecule has 0 saturated heterocycles. The van der Waals surface area contributed by atoms with Crippen LogP contribution >= 0.6 is 45.2 Å². The van der Waals surface area contributed by atoms with Crippen LogP contribution in [0.25, 0.3) is 0 Å². The molecule has 0 aromatic rings. The van der Waals surface area contributed by atoms with Gasteiger partial charge in [-0.25, -0.2) is 0 Å². The molecule has 0 saturated carbocycles. The normalized spacial score (nSPS) is 10.5. The zero-order valence-corrected chi connectivity index (χ0v) is 9.18. The highest BCUT2D eigenvalue weighted by Crippen LogP contribution is 2.11. The minimum atomic E-state index is 0.344. The van der Waals surface area contributed by atoms with Gasteiger partial charge in [-0.3, -0.25) is 0 Å². The standard InChI is InChI=1S/C5H10I2O/c1-2-3-4-8-5(6)7/h5H,2-4H2,1H3. The van der Waals surface area contributed by atoms with Crippen LogP contribution in [0.1, 0.15) is 19.8 Å². The maximum absolute atomic E-state index is 5.26. The van der Waals surface area contributed by atoms with Crippen molar-refractivity contribution in [2.75, 3.05) is 6.61 Å². The Morgan fingerprint density at radius 2 is 2.12 bits per heavy atom. The van der Waals surface area contributed by atoms with E-state index in [1.54, 1.807) is 0 Å². The van der Waals surface area contributed by atoms with Crippen LogP contribution in [0.15, 0.2) is 0 Å². The molecule has 50 valence electrons. The summed E-state index contributed by atoms with van der Waals surface area (Å²) < 4.78 is 5.60. The van der Waals surface area contributed by atoms with Gasteiger partial charge in [-0.15, -0.1) is 0 Å². The van der Waals surface area contributed by atoms with Crippen molar-refractivity contribution in [3.8, 4) is 0 Å². The Morgan fingerprint density at radius 3 is 2.50 bits per heavy atom. The van der Waals surface area contributed by atoms with Crippen LogP contribution < -0.4 is 0 Å². The van der Waals surface area contributed by atoms with Gasteiger partial charge in [-0.1, -0.05) is 13.3 Å². The maximum Gasteiger partial charge on any atom is 0.159 e. The zero-order valence-electron chi connectivity index (χ0n) is 4.86. The smallest absolute Gasteiger partial charge is 0.159 e. The molecule has 0 atom stereocenters. The molecule has 0 aliphatic heterocycles. The van der Waals surface area contributed by atoms with Crippen molar-refractivity contribution >= 4 is 45.2 Å². The molecule has 0 bridgehead atoms. The van der Waals surface area contributed by atoms with Crippen molar-refractivity contribution in [1.82, 2.24) is 0 Å². The molecule has 0 aliphatic rings. The summed E-state index contributed by atoms with van der Waals surface area (Å²) in [7, 11) is 0. The highest BCUT2D eigenvalue weighted by Gasteiger charge is 1.92. The topological polar surface area (TPSA) is 9.23 Å². The second kappa shape index (κ2) is 6.54. The third-order valence-electron chi connectivity index (χ3n) is 0.742. The second-order valence-corrected chi connectivity index (χ2v) is 6.13. The molecular formula is C5H10I2O. The molecule has 0 unspecified atom stereocenters. The van der Waals surface area contributed by atoms with E-state index in [-0.39, 0.29) is 0 Å². The lowest BCUT2D eigenvalue weighted by Crippen LogP contribution is -1.95. The van der Waals surface area contributed by atoms with E-state index in [0.29, 0.717) is 2.12 Å². The molecule has 0 rings (SSSR count). The Labute approximate surface area is 77.8 Å². The Hall–Kier alpha value is 1.42. The summed E-state index contributed by atoms with van der Waals surface area (Å²) in [4.78, 5) is 0. The molecule has 3 heteroatoms. The molecule has 0 amide bonds. The number of halogens is 2.